The van der Waals surface area contributed by atoms with Crippen LogP contribution in [0.5, 0.6) is 0 Å². The summed E-state index contributed by atoms with van der Waals surface area (Å²) in [5.74, 6) is -0.866. The summed E-state index contributed by atoms with van der Waals surface area (Å²) in [6, 6.07) is 1.91. The minimum Gasteiger partial charge on any atom is -0.481 e. The Hall–Kier alpha value is -2.04. The van der Waals surface area contributed by atoms with Gasteiger partial charge in [0.2, 0.25) is 0 Å². The normalized spacial score (nSPS) is 10.6. The molecule has 0 aliphatic heterocycles. The number of nitrogens with zero attached hydrogens (tertiary/aromatic N) is 2. The van der Waals surface area contributed by atoms with Crippen LogP contribution in [0.2, 0.25) is 0 Å². The quantitative estimate of drug-likeness (QED) is 0.818. The maximum atomic E-state index is 10.8. The highest BCUT2D eigenvalue weighted by Crippen LogP contribution is 2.26. The Morgan fingerprint density at radius 3 is 2.94 bits per heavy atom. The average molecular weight is 219 g/mol. The van der Waals surface area contributed by atoms with Gasteiger partial charge in [-0.25, -0.2) is 0 Å². The number of hydrogen-bond acceptors (Lipinski definition) is 2. The summed E-state index contributed by atoms with van der Waals surface area (Å²) < 4.78 is 1.71. The third-order valence-corrected chi connectivity index (χ3v) is 2.61. The van der Waals surface area contributed by atoms with Gasteiger partial charge in [0.15, 0.2) is 0 Å². The molecular weight excluding hydrogens is 206 g/mol. The van der Waals surface area contributed by atoms with Crippen molar-refractivity contribution in [2.45, 2.75) is 13.3 Å². The van der Waals surface area contributed by atoms with Gasteiger partial charge in [-0.3, -0.25) is 9.48 Å². The number of rotatable bonds is 3. The monoisotopic (exact) mass is 219 g/mol. The molecule has 0 aromatic carbocycles. The standard InChI is InChI=1S/C11H13N3O2/c1-7-11(8-3-4-12-6-8)9(5-10(15)16)13-14(7)2/h3-4,6,12H,5H2,1-2H3,(H,15,16). The van der Waals surface area contributed by atoms with Crippen molar-refractivity contribution in [2.75, 3.05) is 0 Å². The smallest absolute Gasteiger partial charge is 0.309 e. The zero-order valence-electron chi connectivity index (χ0n) is 9.19. The Bertz CT molecular complexity index is 512. The SMILES string of the molecule is Cc1c(-c2cc[nH]c2)c(CC(=O)O)nn1C. The minimum absolute atomic E-state index is 0.0534. The van der Waals surface area contributed by atoms with Gasteiger partial charge in [-0.05, 0) is 13.0 Å². The molecule has 2 aromatic heterocycles. The van der Waals surface area contributed by atoms with Crippen molar-refractivity contribution in [2.24, 2.45) is 7.05 Å². The highest BCUT2D eigenvalue weighted by Gasteiger charge is 2.17. The summed E-state index contributed by atoms with van der Waals surface area (Å²) in [5, 5.41) is 13.1. The van der Waals surface area contributed by atoms with E-state index in [4.69, 9.17) is 5.11 Å². The van der Waals surface area contributed by atoms with Crippen molar-refractivity contribution in [3.8, 4) is 11.1 Å². The molecule has 0 saturated heterocycles. The lowest BCUT2D eigenvalue weighted by Gasteiger charge is -1.99. The third kappa shape index (κ3) is 1.71. The fraction of sp³-hybridized carbons (Fsp3) is 0.273. The summed E-state index contributed by atoms with van der Waals surface area (Å²) >= 11 is 0. The summed E-state index contributed by atoms with van der Waals surface area (Å²) in [6.45, 7) is 1.93. The molecule has 2 N–H and O–H groups in total. The van der Waals surface area contributed by atoms with Crippen LogP contribution < -0.4 is 0 Å². The first-order valence-corrected chi connectivity index (χ1v) is 4.97. The van der Waals surface area contributed by atoms with Crippen molar-refractivity contribution in [3.05, 3.63) is 29.8 Å². The lowest BCUT2D eigenvalue weighted by molar-refractivity contribution is -0.136. The second-order valence-corrected chi connectivity index (χ2v) is 3.70. The Morgan fingerprint density at radius 2 is 2.38 bits per heavy atom. The number of carbonyl (C=O) groups is 1. The fourth-order valence-electron chi connectivity index (χ4n) is 1.80. The van der Waals surface area contributed by atoms with E-state index in [2.05, 4.69) is 10.1 Å². The molecule has 0 fully saturated rings. The maximum absolute atomic E-state index is 10.8. The number of aromatic amines is 1. The predicted molar refractivity (Wildman–Crippen MR) is 59.1 cm³/mol. The van der Waals surface area contributed by atoms with Gasteiger partial charge in [-0.15, -0.1) is 0 Å². The second-order valence-electron chi connectivity index (χ2n) is 3.70. The molecular formula is C11H13N3O2. The average Bonchev–Trinajstić information content (AvgIpc) is 2.76. The van der Waals surface area contributed by atoms with E-state index in [0.717, 1.165) is 16.8 Å². The van der Waals surface area contributed by atoms with Gasteiger partial charge >= 0.3 is 5.97 Å². The van der Waals surface area contributed by atoms with Gasteiger partial charge in [0.25, 0.3) is 0 Å². The number of nitrogens with one attached hydrogen (secondary N) is 1. The Balaban J connectivity index is 2.53. The molecule has 0 aliphatic rings. The number of aromatic nitrogens is 3. The summed E-state index contributed by atoms with van der Waals surface area (Å²) in [6.07, 6.45) is 3.60. The van der Waals surface area contributed by atoms with E-state index >= 15 is 0 Å². The van der Waals surface area contributed by atoms with Crippen LogP contribution in [0.15, 0.2) is 18.5 Å². The van der Waals surface area contributed by atoms with E-state index in [1.165, 1.54) is 0 Å². The topological polar surface area (TPSA) is 70.9 Å². The maximum Gasteiger partial charge on any atom is 0.309 e. The van der Waals surface area contributed by atoms with Crippen molar-refractivity contribution in [1.82, 2.24) is 14.8 Å². The predicted octanol–water partition coefficient (Wildman–Crippen LogP) is 1.35. The lowest BCUT2D eigenvalue weighted by atomic mass is 10.1. The molecule has 2 aromatic rings. The minimum atomic E-state index is -0.866. The highest BCUT2D eigenvalue weighted by atomic mass is 16.4. The highest BCUT2D eigenvalue weighted by molar-refractivity contribution is 5.76. The molecule has 0 bridgehead atoms. The van der Waals surface area contributed by atoms with Gasteiger partial charge in [-0.1, -0.05) is 0 Å². The first kappa shape index (κ1) is 10.5. The summed E-state index contributed by atoms with van der Waals surface area (Å²) in [7, 11) is 1.82. The van der Waals surface area contributed by atoms with Crippen LogP contribution in [0.1, 0.15) is 11.4 Å². The van der Waals surface area contributed by atoms with E-state index in [1.54, 1.807) is 4.68 Å². The zero-order chi connectivity index (χ0) is 11.7. The molecule has 0 saturated carbocycles. The van der Waals surface area contributed by atoms with Gasteiger partial charge in [0.05, 0.1) is 12.1 Å². The molecule has 5 heteroatoms. The number of carboxylic acids is 1. The van der Waals surface area contributed by atoms with Crippen LogP contribution in [0.4, 0.5) is 0 Å². The van der Waals surface area contributed by atoms with E-state index in [1.807, 2.05) is 32.4 Å². The molecule has 0 atom stereocenters. The molecule has 16 heavy (non-hydrogen) atoms. The molecule has 84 valence electrons. The number of carboxylic acid groups (broad SMARTS) is 1. The van der Waals surface area contributed by atoms with Crippen molar-refractivity contribution >= 4 is 5.97 Å². The van der Waals surface area contributed by atoms with Crippen LogP contribution in [0.25, 0.3) is 11.1 Å². The Labute approximate surface area is 92.7 Å². The molecule has 2 heterocycles. The van der Waals surface area contributed by atoms with Gasteiger partial charge in [0.1, 0.15) is 0 Å². The first-order chi connectivity index (χ1) is 7.59. The van der Waals surface area contributed by atoms with E-state index in [0.29, 0.717) is 5.69 Å². The van der Waals surface area contributed by atoms with E-state index < -0.39 is 5.97 Å². The molecule has 2 rings (SSSR count). The van der Waals surface area contributed by atoms with Gasteiger partial charge in [-0.2, -0.15) is 5.10 Å². The molecule has 0 radical (unpaired) electrons. The van der Waals surface area contributed by atoms with Crippen LogP contribution in [0.3, 0.4) is 0 Å². The van der Waals surface area contributed by atoms with Crippen LogP contribution in [-0.4, -0.2) is 25.8 Å². The lowest BCUT2D eigenvalue weighted by Crippen LogP contribution is -2.02. The van der Waals surface area contributed by atoms with Crippen LogP contribution in [-0.2, 0) is 18.3 Å². The van der Waals surface area contributed by atoms with Gasteiger partial charge in [0, 0.05) is 36.3 Å². The van der Waals surface area contributed by atoms with E-state index in [-0.39, 0.29) is 6.42 Å². The van der Waals surface area contributed by atoms with E-state index in [9.17, 15) is 4.79 Å². The number of aliphatic carboxylic acids is 1. The molecule has 0 spiro atoms. The molecule has 0 aliphatic carbocycles. The molecule has 5 nitrogen and oxygen atoms in total. The zero-order valence-corrected chi connectivity index (χ0v) is 9.19. The van der Waals surface area contributed by atoms with Crippen molar-refractivity contribution < 1.29 is 9.90 Å². The second kappa shape index (κ2) is 3.84. The Kier molecular flexibility index (Phi) is 2.52. The van der Waals surface area contributed by atoms with Crippen LogP contribution in [0, 0.1) is 6.92 Å². The van der Waals surface area contributed by atoms with Gasteiger partial charge < -0.3 is 10.1 Å². The summed E-state index contributed by atoms with van der Waals surface area (Å²) in [4.78, 5) is 13.7. The number of H-pyrrole nitrogens is 1. The fourth-order valence-corrected chi connectivity index (χ4v) is 1.80. The third-order valence-electron chi connectivity index (χ3n) is 2.61. The summed E-state index contributed by atoms with van der Waals surface area (Å²) in [5.41, 5.74) is 3.45. The van der Waals surface area contributed by atoms with Crippen molar-refractivity contribution in [3.63, 3.8) is 0 Å². The molecule has 0 unspecified atom stereocenters. The number of hydrogen-bond donors (Lipinski definition) is 2. The van der Waals surface area contributed by atoms with Crippen molar-refractivity contribution in [1.29, 1.82) is 0 Å². The first-order valence-electron chi connectivity index (χ1n) is 4.97. The Morgan fingerprint density at radius 1 is 1.62 bits per heavy atom. The van der Waals surface area contributed by atoms with Crippen LogP contribution >= 0.6 is 0 Å². The molecule has 0 amide bonds. The largest absolute Gasteiger partial charge is 0.481 e. The number of aryl methyl sites for hydroxylation is 1.